The summed E-state index contributed by atoms with van der Waals surface area (Å²) < 4.78 is 16.9. The number of ether oxygens (including phenoxy) is 3. The Bertz CT molecular complexity index is 1450. The minimum Gasteiger partial charge on any atom is -0.462 e. The first-order valence-electron chi connectivity index (χ1n) is 32.6. The Morgan fingerprint density at radius 3 is 0.816 bits per heavy atom. The van der Waals surface area contributed by atoms with Crippen molar-refractivity contribution in [2.24, 2.45) is 0 Å². The summed E-state index contributed by atoms with van der Waals surface area (Å²) in [4.78, 5) is 38.3. The van der Waals surface area contributed by atoms with Crippen LogP contribution in [0.1, 0.15) is 323 Å². The van der Waals surface area contributed by atoms with Gasteiger partial charge < -0.3 is 14.2 Å². The number of allylic oxidation sites excluding steroid dienone is 14. The van der Waals surface area contributed by atoms with Crippen molar-refractivity contribution in [2.45, 2.75) is 329 Å². The van der Waals surface area contributed by atoms with Crippen LogP contribution in [0.25, 0.3) is 0 Å². The first kappa shape index (κ1) is 72.6. The summed E-state index contributed by atoms with van der Waals surface area (Å²) in [6.07, 6.45) is 84.4. The number of rotatable bonds is 59. The van der Waals surface area contributed by atoms with Crippen molar-refractivity contribution in [3.63, 3.8) is 0 Å². The summed E-state index contributed by atoms with van der Waals surface area (Å²) in [6, 6.07) is 0. The van der Waals surface area contributed by atoms with E-state index < -0.39 is 6.10 Å². The molecule has 0 rings (SSSR count). The number of hydrogen-bond donors (Lipinski definition) is 0. The van der Waals surface area contributed by atoms with Crippen molar-refractivity contribution in [2.75, 3.05) is 13.2 Å². The largest absolute Gasteiger partial charge is 0.462 e. The van der Waals surface area contributed by atoms with Crippen LogP contribution in [-0.4, -0.2) is 37.2 Å². The van der Waals surface area contributed by atoms with E-state index in [1.165, 1.54) is 180 Å². The van der Waals surface area contributed by atoms with Gasteiger partial charge in [0.15, 0.2) is 6.10 Å². The smallest absolute Gasteiger partial charge is 0.306 e. The van der Waals surface area contributed by atoms with Gasteiger partial charge in [0.1, 0.15) is 13.2 Å². The molecule has 0 spiro atoms. The van der Waals surface area contributed by atoms with Gasteiger partial charge in [-0.1, -0.05) is 292 Å². The molecule has 0 aromatic rings. The molecule has 6 heteroatoms. The third-order valence-electron chi connectivity index (χ3n) is 14.1. The molecule has 0 aliphatic heterocycles. The molecule has 0 aromatic heterocycles. The Hall–Kier alpha value is -3.41. The van der Waals surface area contributed by atoms with Crippen LogP contribution in [0.3, 0.4) is 0 Å². The highest BCUT2D eigenvalue weighted by Crippen LogP contribution is 2.16. The molecule has 6 nitrogen and oxygen atoms in total. The SMILES string of the molecule is CC/C=C\C/C=C\C/C=C\C/C=C\C/C=C\C/C=C\CCCCCCCCCCC(=O)OCC(COC(=O)CCCCCCCCCCCCCCCC)OC(=O)CCCCCCCCC/C=C\CCCCCCCC. The van der Waals surface area contributed by atoms with E-state index in [0.29, 0.717) is 19.3 Å². The van der Waals surface area contributed by atoms with E-state index in [2.05, 4.69) is 106 Å². The maximum absolute atomic E-state index is 12.9. The van der Waals surface area contributed by atoms with Crippen molar-refractivity contribution < 1.29 is 28.6 Å². The molecular weight excluding hydrogens is 937 g/mol. The van der Waals surface area contributed by atoms with Gasteiger partial charge in [-0.15, -0.1) is 0 Å². The molecule has 0 radical (unpaired) electrons. The van der Waals surface area contributed by atoms with E-state index in [-0.39, 0.29) is 31.1 Å². The fraction of sp³-hybridized carbons (Fsp3) is 0.757. The summed E-state index contributed by atoms with van der Waals surface area (Å²) in [5.74, 6) is -0.876. The van der Waals surface area contributed by atoms with E-state index in [1.54, 1.807) is 0 Å². The molecule has 0 N–H and O–H groups in total. The zero-order valence-electron chi connectivity index (χ0n) is 50.3. The molecule has 0 saturated carbocycles. The minimum atomic E-state index is -0.782. The Labute approximate surface area is 471 Å². The van der Waals surface area contributed by atoms with Gasteiger partial charge in [-0.05, 0) is 96.3 Å². The van der Waals surface area contributed by atoms with Crippen molar-refractivity contribution >= 4 is 17.9 Å². The summed E-state index contributed by atoms with van der Waals surface area (Å²) >= 11 is 0. The summed E-state index contributed by atoms with van der Waals surface area (Å²) in [7, 11) is 0. The molecule has 1 atom stereocenters. The molecule has 0 aliphatic rings. The molecule has 76 heavy (non-hydrogen) atoms. The summed E-state index contributed by atoms with van der Waals surface area (Å²) in [5.41, 5.74) is 0. The number of carbonyl (C=O) groups excluding carboxylic acids is 3. The lowest BCUT2D eigenvalue weighted by molar-refractivity contribution is -0.167. The summed E-state index contributed by atoms with van der Waals surface area (Å²) in [6.45, 7) is 6.55. The molecule has 0 fully saturated rings. The first-order chi connectivity index (χ1) is 37.5. The minimum absolute atomic E-state index is 0.0773. The topological polar surface area (TPSA) is 78.9 Å². The van der Waals surface area contributed by atoms with Gasteiger partial charge >= 0.3 is 17.9 Å². The van der Waals surface area contributed by atoms with Crippen molar-refractivity contribution in [3.8, 4) is 0 Å². The predicted molar refractivity (Wildman–Crippen MR) is 330 cm³/mol. The zero-order valence-corrected chi connectivity index (χ0v) is 50.3. The normalized spacial score (nSPS) is 12.6. The molecule has 0 amide bonds. The van der Waals surface area contributed by atoms with Gasteiger partial charge in [-0.3, -0.25) is 14.4 Å². The lowest BCUT2D eigenvalue weighted by Crippen LogP contribution is -2.30. The van der Waals surface area contributed by atoms with Crippen LogP contribution in [0.5, 0.6) is 0 Å². The second-order valence-electron chi connectivity index (χ2n) is 21.6. The van der Waals surface area contributed by atoms with Crippen LogP contribution < -0.4 is 0 Å². The highest BCUT2D eigenvalue weighted by atomic mass is 16.6. The van der Waals surface area contributed by atoms with Crippen molar-refractivity contribution in [3.05, 3.63) is 85.1 Å². The van der Waals surface area contributed by atoms with E-state index in [0.717, 1.165) is 103 Å². The van der Waals surface area contributed by atoms with Crippen molar-refractivity contribution in [1.29, 1.82) is 0 Å². The Morgan fingerprint density at radius 1 is 0.276 bits per heavy atom. The van der Waals surface area contributed by atoms with Gasteiger partial charge in [0.25, 0.3) is 0 Å². The lowest BCUT2D eigenvalue weighted by atomic mass is 10.0. The van der Waals surface area contributed by atoms with Gasteiger partial charge in [0.05, 0.1) is 0 Å². The Kier molecular flexibility index (Phi) is 61.2. The van der Waals surface area contributed by atoms with E-state index in [9.17, 15) is 14.4 Å². The average Bonchev–Trinajstić information content (AvgIpc) is 3.42. The number of carbonyl (C=O) groups is 3. The van der Waals surface area contributed by atoms with E-state index in [4.69, 9.17) is 14.2 Å². The summed E-state index contributed by atoms with van der Waals surface area (Å²) in [5, 5.41) is 0. The molecule has 0 heterocycles. The molecule has 0 aliphatic carbocycles. The first-order valence-corrected chi connectivity index (χ1v) is 32.6. The lowest BCUT2D eigenvalue weighted by Gasteiger charge is -2.18. The highest BCUT2D eigenvalue weighted by Gasteiger charge is 2.19. The van der Waals surface area contributed by atoms with Crippen LogP contribution in [-0.2, 0) is 28.6 Å². The molecule has 1 unspecified atom stereocenters. The van der Waals surface area contributed by atoms with Crippen LogP contribution >= 0.6 is 0 Å². The number of esters is 3. The van der Waals surface area contributed by atoms with Gasteiger partial charge in [-0.25, -0.2) is 0 Å². The van der Waals surface area contributed by atoms with Crippen LogP contribution in [0.4, 0.5) is 0 Å². The maximum Gasteiger partial charge on any atom is 0.306 e. The van der Waals surface area contributed by atoms with Crippen molar-refractivity contribution in [1.82, 2.24) is 0 Å². The zero-order chi connectivity index (χ0) is 55.0. The van der Waals surface area contributed by atoms with Gasteiger partial charge in [-0.2, -0.15) is 0 Å². The standard InChI is InChI=1S/C70H122O6/c1-4-7-10-13-16-19-22-25-28-30-31-32-33-34-35-36-37-38-39-41-42-45-48-51-54-57-60-63-69(72)75-66-67(65-74-68(71)62-59-56-53-50-47-44-27-24-21-18-15-12-9-6-3)76-70(73)64-61-58-55-52-49-46-43-40-29-26-23-20-17-14-11-8-5-2/h7,10,16,19,25-26,28-29,31-32,34-35,37-38,67H,4-6,8-9,11-15,17-18,20-24,27,30,33,36,39-66H2,1-3H3/b10-7-,19-16-,28-25-,29-26-,32-31-,35-34-,38-37-. The molecule has 0 bridgehead atoms. The van der Waals surface area contributed by atoms with Crippen LogP contribution in [0.15, 0.2) is 85.1 Å². The fourth-order valence-corrected chi connectivity index (χ4v) is 9.27. The second-order valence-corrected chi connectivity index (χ2v) is 21.6. The Balaban J connectivity index is 4.32. The van der Waals surface area contributed by atoms with Crippen LogP contribution in [0.2, 0.25) is 0 Å². The maximum atomic E-state index is 12.9. The number of hydrogen-bond acceptors (Lipinski definition) is 6. The molecular formula is C70H122O6. The molecule has 0 saturated heterocycles. The third kappa shape index (κ3) is 61.4. The fourth-order valence-electron chi connectivity index (χ4n) is 9.27. The number of unbranched alkanes of at least 4 members (excludes halogenated alkanes) is 34. The highest BCUT2D eigenvalue weighted by molar-refractivity contribution is 5.71. The third-order valence-corrected chi connectivity index (χ3v) is 14.1. The predicted octanol–water partition coefficient (Wildman–Crippen LogP) is 22.3. The van der Waals surface area contributed by atoms with E-state index in [1.807, 2.05) is 0 Å². The molecule has 438 valence electrons. The second kappa shape index (κ2) is 64.1. The van der Waals surface area contributed by atoms with Gasteiger partial charge in [0, 0.05) is 19.3 Å². The van der Waals surface area contributed by atoms with Crippen LogP contribution in [0, 0.1) is 0 Å². The Morgan fingerprint density at radius 2 is 0.513 bits per heavy atom. The average molecular weight is 1060 g/mol. The van der Waals surface area contributed by atoms with Gasteiger partial charge in [0.2, 0.25) is 0 Å². The molecule has 0 aromatic carbocycles. The monoisotopic (exact) mass is 1060 g/mol. The quantitative estimate of drug-likeness (QED) is 0.0261. The van der Waals surface area contributed by atoms with E-state index >= 15 is 0 Å².